The molecule has 0 aliphatic heterocycles. The van der Waals surface area contributed by atoms with Crippen LogP contribution in [-0.4, -0.2) is 28.9 Å². The highest BCUT2D eigenvalue weighted by atomic mass is 32.2. The van der Waals surface area contributed by atoms with Crippen molar-refractivity contribution in [2.45, 2.75) is 29.5 Å². The Bertz CT molecular complexity index is 574. The summed E-state index contributed by atoms with van der Waals surface area (Å²) in [6.45, 7) is 1.81. The molecule has 0 aliphatic rings. The van der Waals surface area contributed by atoms with Crippen LogP contribution in [0.1, 0.15) is 12.5 Å². The lowest BCUT2D eigenvalue weighted by atomic mass is 10.1. The Kier molecular flexibility index (Phi) is 6.49. The highest BCUT2D eigenvalue weighted by Crippen LogP contribution is 2.22. The molecular weight excluding hydrogens is 294 g/mol. The molecular formula is C18H21NO2S. The van der Waals surface area contributed by atoms with Gasteiger partial charge >= 0.3 is 0 Å². The van der Waals surface area contributed by atoms with E-state index >= 15 is 0 Å². The summed E-state index contributed by atoms with van der Waals surface area (Å²) in [5.41, 5.74) is 1.10. The second kappa shape index (κ2) is 8.61. The summed E-state index contributed by atoms with van der Waals surface area (Å²) in [5, 5.41) is 12.2. The first-order valence-corrected chi connectivity index (χ1v) is 8.24. The Morgan fingerprint density at radius 2 is 1.68 bits per heavy atom. The van der Waals surface area contributed by atoms with Crippen molar-refractivity contribution in [2.75, 3.05) is 6.61 Å². The number of hydrogen-bond acceptors (Lipinski definition) is 3. The molecule has 0 saturated carbocycles. The van der Waals surface area contributed by atoms with Crippen molar-refractivity contribution in [3.05, 3.63) is 66.2 Å². The molecule has 2 N–H and O–H groups in total. The molecule has 0 spiro atoms. The average Bonchev–Trinajstić information content (AvgIpc) is 2.56. The van der Waals surface area contributed by atoms with Crippen molar-refractivity contribution in [1.82, 2.24) is 5.32 Å². The quantitative estimate of drug-likeness (QED) is 0.773. The molecule has 2 aromatic carbocycles. The summed E-state index contributed by atoms with van der Waals surface area (Å²) in [6, 6.07) is 19.5. The number of rotatable bonds is 7. The van der Waals surface area contributed by atoms with Gasteiger partial charge in [-0.1, -0.05) is 48.5 Å². The third-order valence-corrected chi connectivity index (χ3v) is 4.43. The lowest BCUT2D eigenvalue weighted by Crippen LogP contribution is -2.42. The number of aliphatic hydroxyl groups excluding tert-OH is 1. The molecule has 0 fully saturated rings. The summed E-state index contributed by atoms with van der Waals surface area (Å²) in [4.78, 5) is 13.3. The number of carbonyl (C=O) groups excluding carboxylic acids is 1. The van der Waals surface area contributed by atoms with Crippen molar-refractivity contribution < 1.29 is 9.90 Å². The number of carbonyl (C=O) groups is 1. The molecule has 1 amide bonds. The molecule has 0 radical (unpaired) electrons. The normalized spacial score (nSPS) is 13.4. The fraction of sp³-hybridized carbons (Fsp3) is 0.278. The van der Waals surface area contributed by atoms with Gasteiger partial charge in [0.25, 0.3) is 0 Å². The van der Waals surface area contributed by atoms with E-state index in [9.17, 15) is 9.90 Å². The van der Waals surface area contributed by atoms with Gasteiger partial charge in [0.1, 0.15) is 0 Å². The van der Waals surface area contributed by atoms with Crippen LogP contribution in [0.4, 0.5) is 0 Å². The lowest BCUT2D eigenvalue weighted by molar-refractivity contribution is -0.121. The molecule has 2 rings (SSSR count). The smallest absolute Gasteiger partial charge is 0.233 e. The van der Waals surface area contributed by atoms with Gasteiger partial charge in [-0.2, -0.15) is 0 Å². The summed E-state index contributed by atoms with van der Waals surface area (Å²) < 4.78 is 0. The van der Waals surface area contributed by atoms with Gasteiger partial charge in [0.2, 0.25) is 5.91 Å². The van der Waals surface area contributed by atoms with E-state index in [-0.39, 0.29) is 23.8 Å². The molecule has 3 nitrogen and oxygen atoms in total. The highest BCUT2D eigenvalue weighted by Gasteiger charge is 2.18. The Hall–Kier alpha value is -1.78. The minimum absolute atomic E-state index is 0.0520. The van der Waals surface area contributed by atoms with E-state index in [1.807, 2.05) is 67.6 Å². The van der Waals surface area contributed by atoms with Gasteiger partial charge in [0.15, 0.2) is 0 Å². The standard InChI is InChI=1S/C18H21NO2S/c1-14(22-17-10-6-3-7-11-17)18(21)19-16(13-20)12-15-8-4-2-5-9-15/h2-11,14,16,20H,12-13H2,1H3,(H,19,21). The molecule has 0 aromatic heterocycles. The van der Waals surface area contributed by atoms with Crippen LogP contribution in [0.3, 0.4) is 0 Å². The number of hydrogen-bond donors (Lipinski definition) is 2. The lowest BCUT2D eigenvalue weighted by Gasteiger charge is -2.19. The van der Waals surface area contributed by atoms with E-state index < -0.39 is 0 Å². The SMILES string of the molecule is CC(Sc1ccccc1)C(=O)NC(CO)Cc1ccccc1. The highest BCUT2D eigenvalue weighted by molar-refractivity contribution is 8.00. The van der Waals surface area contributed by atoms with Crippen LogP contribution in [-0.2, 0) is 11.2 Å². The maximum atomic E-state index is 12.3. The largest absolute Gasteiger partial charge is 0.394 e. The predicted molar refractivity (Wildman–Crippen MR) is 90.9 cm³/mol. The molecule has 22 heavy (non-hydrogen) atoms. The molecule has 0 aliphatic carbocycles. The molecule has 2 unspecified atom stereocenters. The fourth-order valence-electron chi connectivity index (χ4n) is 2.14. The fourth-order valence-corrected chi connectivity index (χ4v) is 3.03. The van der Waals surface area contributed by atoms with Crippen LogP contribution in [0.5, 0.6) is 0 Å². The first-order chi connectivity index (χ1) is 10.7. The molecule has 4 heteroatoms. The summed E-state index contributed by atoms with van der Waals surface area (Å²) in [6.07, 6.45) is 0.631. The zero-order valence-corrected chi connectivity index (χ0v) is 13.4. The Morgan fingerprint density at radius 1 is 1.09 bits per heavy atom. The molecule has 116 valence electrons. The maximum Gasteiger partial charge on any atom is 0.233 e. The van der Waals surface area contributed by atoms with Gasteiger partial charge in [-0.15, -0.1) is 11.8 Å². The van der Waals surface area contributed by atoms with Crippen molar-refractivity contribution in [1.29, 1.82) is 0 Å². The third kappa shape index (κ3) is 5.20. The van der Waals surface area contributed by atoms with E-state index in [1.54, 1.807) is 0 Å². The third-order valence-electron chi connectivity index (χ3n) is 3.32. The predicted octanol–water partition coefficient (Wildman–Crippen LogP) is 2.89. The van der Waals surface area contributed by atoms with Crippen LogP contribution >= 0.6 is 11.8 Å². The Labute approximate surface area is 135 Å². The Balaban J connectivity index is 1.88. The molecule has 2 aromatic rings. The first kappa shape index (κ1) is 16.6. The summed E-state index contributed by atoms with van der Waals surface area (Å²) >= 11 is 1.52. The zero-order chi connectivity index (χ0) is 15.8. The zero-order valence-electron chi connectivity index (χ0n) is 12.6. The summed E-state index contributed by atoms with van der Waals surface area (Å²) in [5.74, 6) is -0.0520. The van der Waals surface area contributed by atoms with Gasteiger partial charge < -0.3 is 10.4 Å². The van der Waals surface area contributed by atoms with Gasteiger partial charge in [-0.25, -0.2) is 0 Å². The van der Waals surface area contributed by atoms with Crippen molar-refractivity contribution in [3.8, 4) is 0 Å². The second-order valence-corrected chi connectivity index (χ2v) is 6.57. The molecule has 0 bridgehead atoms. The van der Waals surface area contributed by atoms with Crippen LogP contribution in [0.2, 0.25) is 0 Å². The van der Waals surface area contributed by atoms with E-state index in [2.05, 4.69) is 5.32 Å². The van der Waals surface area contributed by atoms with Crippen molar-refractivity contribution in [3.63, 3.8) is 0 Å². The van der Waals surface area contributed by atoms with Crippen LogP contribution in [0.25, 0.3) is 0 Å². The number of nitrogens with one attached hydrogen (secondary N) is 1. The van der Waals surface area contributed by atoms with E-state index in [0.29, 0.717) is 6.42 Å². The number of benzene rings is 2. The van der Waals surface area contributed by atoms with Crippen molar-refractivity contribution in [2.24, 2.45) is 0 Å². The van der Waals surface area contributed by atoms with Crippen LogP contribution in [0.15, 0.2) is 65.6 Å². The topological polar surface area (TPSA) is 49.3 Å². The first-order valence-electron chi connectivity index (χ1n) is 7.36. The minimum Gasteiger partial charge on any atom is -0.394 e. The molecule has 0 heterocycles. The molecule has 0 saturated heterocycles. The summed E-state index contributed by atoms with van der Waals surface area (Å²) in [7, 11) is 0. The number of thioether (sulfide) groups is 1. The molecule has 2 atom stereocenters. The Morgan fingerprint density at radius 3 is 2.27 bits per heavy atom. The number of amides is 1. The van der Waals surface area contributed by atoms with Gasteiger partial charge in [0, 0.05) is 4.90 Å². The second-order valence-electron chi connectivity index (χ2n) is 5.15. The monoisotopic (exact) mass is 315 g/mol. The van der Waals surface area contributed by atoms with Crippen LogP contribution in [0, 0.1) is 0 Å². The maximum absolute atomic E-state index is 12.3. The van der Waals surface area contributed by atoms with Crippen LogP contribution < -0.4 is 5.32 Å². The minimum atomic E-state index is -0.256. The van der Waals surface area contributed by atoms with Crippen molar-refractivity contribution >= 4 is 17.7 Å². The average molecular weight is 315 g/mol. The van der Waals surface area contributed by atoms with E-state index in [4.69, 9.17) is 0 Å². The van der Waals surface area contributed by atoms with Gasteiger partial charge in [-0.05, 0) is 31.0 Å². The van der Waals surface area contributed by atoms with Gasteiger partial charge in [-0.3, -0.25) is 4.79 Å². The van der Waals surface area contributed by atoms with E-state index in [1.165, 1.54) is 11.8 Å². The van der Waals surface area contributed by atoms with Gasteiger partial charge in [0.05, 0.1) is 17.9 Å². The van der Waals surface area contributed by atoms with E-state index in [0.717, 1.165) is 10.5 Å². The number of aliphatic hydroxyl groups is 1.